The summed E-state index contributed by atoms with van der Waals surface area (Å²) in [5, 5.41) is -0.672. The number of aromatic nitrogens is 1. The van der Waals surface area contributed by atoms with Crippen LogP contribution in [0.15, 0.2) is 29.3 Å². The Hall–Kier alpha value is -2.55. The minimum absolute atomic E-state index is 0. The minimum atomic E-state index is -2.35. The van der Waals surface area contributed by atoms with Gasteiger partial charge in [-0.2, -0.15) is 0 Å². The normalized spacial score (nSPS) is 10.9. The number of carbonyl (C=O) groups excluding carboxylic acids is 1. The smallest absolute Gasteiger partial charge is 0.200 e. The quantitative estimate of drug-likeness (QED) is 0.0579. The van der Waals surface area contributed by atoms with E-state index in [1.54, 1.807) is 18.2 Å². The number of ether oxygens (including phenoxy) is 1. The Bertz CT molecular complexity index is 1200. The van der Waals surface area contributed by atoms with Crippen molar-refractivity contribution >= 4 is 40.9 Å². The topological polar surface area (TPSA) is 51.5 Å². The first kappa shape index (κ1) is 25.7. The summed E-state index contributed by atoms with van der Waals surface area (Å²) in [6, 6.07) is 9.16. The Balaban J connectivity index is 0.00000363. The van der Waals surface area contributed by atoms with Crippen LogP contribution in [-0.4, -0.2) is 24.1 Å². The molecule has 0 radical (unpaired) electrons. The first-order valence-electron chi connectivity index (χ1n) is 8.18. The van der Waals surface area contributed by atoms with Gasteiger partial charge in [-0.25, -0.2) is 31.9 Å². The number of benzene rings is 2. The molecule has 0 atom stereocenters. The zero-order valence-electron chi connectivity index (χ0n) is 15.6. The number of halogens is 7. The van der Waals surface area contributed by atoms with Crippen LogP contribution in [0.2, 0.25) is 10.2 Å². The Morgan fingerprint density at radius 3 is 2.19 bits per heavy atom. The van der Waals surface area contributed by atoms with Gasteiger partial charge in [0.15, 0.2) is 40.1 Å². The number of ketones is 1. The number of aliphatic imine (C=N–C) groups is 1. The van der Waals surface area contributed by atoms with Gasteiger partial charge in [0.05, 0.1) is 18.3 Å². The average Bonchev–Trinajstić information content (AvgIpc) is 2.78. The van der Waals surface area contributed by atoms with E-state index in [0.29, 0.717) is 11.8 Å². The molecule has 2 aromatic carbocycles. The SMILES string of the molecule is COc1nc(Cl)c(Cl)c(C(=O)C=Nc2c(F)c(F)c(F)c(F)c2F)c1-c1[c-]cccc1.[Ni]. The molecule has 0 amide bonds. The second kappa shape index (κ2) is 10.4. The van der Waals surface area contributed by atoms with Crippen LogP contribution in [-0.2, 0) is 16.5 Å². The molecular formula is C20H8Cl2F5N2NiO2-. The zero-order chi connectivity index (χ0) is 22.9. The van der Waals surface area contributed by atoms with E-state index in [2.05, 4.69) is 16.0 Å². The summed E-state index contributed by atoms with van der Waals surface area (Å²) in [4.78, 5) is 19.9. The van der Waals surface area contributed by atoms with E-state index in [1.165, 1.54) is 13.2 Å². The van der Waals surface area contributed by atoms with E-state index in [0.717, 1.165) is 0 Å². The minimum Gasteiger partial charge on any atom is -0.487 e. The largest absolute Gasteiger partial charge is 0.487 e. The molecule has 3 rings (SSSR count). The number of methoxy groups -OCH3 is 1. The van der Waals surface area contributed by atoms with Crippen LogP contribution in [0.3, 0.4) is 0 Å². The van der Waals surface area contributed by atoms with Crippen molar-refractivity contribution in [1.29, 1.82) is 0 Å². The van der Waals surface area contributed by atoms with Gasteiger partial charge in [0.1, 0.15) is 5.69 Å². The second-order valence-corrected chi connectivity index (χ2v) is 6.53. The maximum atomic E-state index is 13.8. The average molecular weight is 533 g/mol. The van der Waals surface area contributed by atoms with Crippen molar-refractivity contribution in [1.82, 2.24) is 4.98 Å². The number of Topliss-reactive ketones (excluding diaryl/α,β-unsaturated/α-hetero) is 1. The van der Waals surface area contributed by atoms with E-state index in [4.69, 9.17) is 27.9 Å². The summed E-state index contributed by atoms with van der Waals surface area (Å²) < 4.78 is 72.7. The predicted molar refractivity (Wildman–Crippen MR) is 104 cm³/mol. The molecule has 0 spiro atoms. The van der Waals surface area contributed by atoms with Crippen LogP contribution >= 0.6 is 23.2 Å². The molecule has 1 aromatic heterocycles. The maximum Gasteiger partial charge on any atom is 0.200 e. The number of hydrogen-bond acceptors (Lipinski definition) is 4. The molecule has 0 aliphatic heterocycles. The van der Waals surface area contributed by atoms with Gasteiger partial charge in [0, 0.05) is 22.1 Å². The molecule has 0 bridgehead atoms. The Morgan fingerprint density at radius 2 is 1.66 bits per heavy atom. The molecule has 0 fully saturated rings. The molecular weight excluding hydrogens is 525 g/mol. The van der Waals surface area contributed by atoms with Gasteiger partial charge in [0.2, 0.25) is 5.82 Å². The molecule has 0 N–H and O–H groups in total. The van der Waals surface area contributed by atoms with Crippen molar-refractivity contribution in [3.8, 4) is 17.0 Å². The van der Waals surface area contributed by atoms with Crippen LogP contribution < -0.4 is 4.74 Å². The Morgan fingerprint density at radius 1 is 1.06 bits per heavy atom. The summed E-state index contributed by atoms with van der Waals surface area (Å²) >= 11 is 12.1. The number of hydrogen-bond donors (Lipinski definition) is 0. The number of nitrogens with zero attached hydrogens (tertiary/aromatic N) is 2. The predicted octanol–water partition coefficient (Wildman–Crippen LogP) is 6.14. The van der Waals surface area contributed by atoms with Crippen molar-refractivity contribution < 1.29 is 48.0 Å². The molecule has 170 valence electrons. The van der Waals surface area contributed by atoms with Crippen LogP contribution in [0.25, 0.3) is 11.1 Å². The van der Waals surface area contributed by atoms with Crippen molar-refractivity contribution in [3.63, 3.8) is 0 Å². The third-order valence-electron chi connectivity index (χ3n) is 3.98. The zero-order valence-corrected chi connectivity index (χ0v) is 18.1. The van der Waals surface area contributed by atoms with Gasteiger partial charge in [-0.3, -0.25) is 4.79 Å². The second-order valence-electron chi connectivity index (χ2n) is 5.79. The molecule has 0 saturated heterocycles. The van der Waals surface area contributed by atoms with E-state index < -0.39 is 40.6 Å². The van der Waals surface area contributed by atoms with Gasteiger partial charge < -0.3 is 4.74 Å². The van der Waals surface area contributed by atoms with Gasteiger partial charge in [-0.05, 0) is 5.56 Å². The van der Waals surface area contributed by atoms with E-state index in [1.807, 2.05) is 0 Å². The van der Waals surface area contributed by atoms with Crippen molar-refractivity contribution in [3.05, 3.63) is 75.2 Å². The van der Waals surface area contributed by atoms with Gasteiger partial charge >= 0.3 is 0 Å². The summed E-state index contributed by atoms with van der Waals surface area (Å²) in [6.45, 7) is 0. The fourth-order valence-corrected chi connectivity index (χ4v) is 2.99. The van der Waals surface area contributed by atoms with E-state index in [-0.39, 0.29) is 43.7 Å². The summed E-state index contributed by atoms with van der Waals surface area (Å²) in [6.07, 6.45) is 0.349. The van der Waals surface area contributed by atoms with Crippen LogP contribution in [0.1, 0.15) is 10.4 Å². The molecule has 0 aliphatic rings. The van der Waals surface area contributed by atoms with E-state index in [9.17, 15) is 26.7 Å². The summed E-state index contributed by atoms with van der Waals surface area (Å²) in [5.41, 5.74) is -1.53. The van der Waals surface area contributed by atoms with Crippen molar-refractivity contribution in [2.24, 2.45) is 4.99 Å². The Labute approximate surface area is 198 Å². The number of rotatable bonds is 5. The number of carbonyl (C=O) groups is 1. The fourth-order valence-electron chi connectivity index (χ4n) is 2.59. The molecule has 32 heavy (non-hydrogen) atoms. The van der Waals surface area contributed by atoms with Gasteiger partial charge in [-0.1, -0.05) is 23.2 Å². The molecule has 0 saturated carbocycles. The molecule has 3 aromatic rings. The third-order valence-corrected chi connectivity index (χ3v) is 4.72. The fraction of sp³-hybridized carbons (Fsp3) is 0.0500. The summed E-state index contributed by atoms with van der Waals surface area (Å²) in [5.74, 6) is -12.3. The Kier molecular flexibility index (Phi) is 8.34. The third kappa shape index (κ3) is 4.62. The molecule has 0 unspecified atom stereocenters. The van der Waals surface area contributed by atoms with Crippen molar-refractivity contribution in [2.75, 3.05) is 7.11 Å². The number of pyridine rings is 1. The van der Waals surface area contributed by atoms with Crippen LogP contribution in [0.4, 0.5) is 27.6 Å². The molecule has 0 aliphatic carbocycles. The maximum absolute atomic E-state index is 13.8. The van der Waals surface area contributed by atoms with E-state index >= 15 is 0 Å². The monoisotopic (exact) mass is 531 g/mol. The van der Waals surface area contributed by atoms with Gasteiger partial charge in [0.25, 0.3) is 0 Å². The van der Waals surface area contributed by atoms with Crippen LogP contribution in [0, 0.1) is 35.2 Å². The molecule has 1 heterocycles. The van der Waals surface area contributed by atoms with Crippen molar-refractivity contribution in [2.45, 2.75) is 0 Å². The molecule has 12 heteroatoms. The first-order chi connectivity index (χ1) is 14.7. The van der Waals surface area contributed by atoms with Gasteiger partial charge in [-0.15, -0.1) is 35.9 Å². The first-order valence-corrected chi connectivity index (χ1v) is 8.94. The molecule has 4 nitrogen and oxygen atoms in total. The standard InChI is InChI=1S/C20H8Cl2F5N2O2.Ni/c1-31-20-10(8-5-3-2-4-6-8)11(12(21)19(22)29-20)9(30)7-28-18-16(26)14(24)13(23)15(25)17(18)27;/h2-5,7H,1H3;/q-1;. The summed E-state index contributed by atoms with van der Waals surface area (Å²) in [7, 11) is 1.25. The van der Waals surface area contributed by atoms with Crippen LogP contribution in [0.5, 0.6) is 5.88 Å².